The predicted octanol–water partition coefficient (Wildman–Crippen LogP) is 3.01. The molecule has 0 radical (unpaired) electrons. The molecule has 0 aromatic heterocycles. The molecule has 1 N–H and O–H groups in total. The molecule has 0 aliphatic heterocycles. The second-order valence-corrected chi connectivity index (χ2v) is 7.46. The zero-order valence-electron chi connectivity index (χ0n) is 10.9. The van der Waals surface area contributed by atoms with E-state index in [1.54, 1.807) is 24.3 Å². The summed E-state index contributed by atoms with van der Waals surface area (Å²) in [5.74, 6) is 0.0987. The van der Waals surface area contributed by atoms with Crippen LogP contribution in [0.3, 0.4) is 0 Å². The number of sulfone groups is 1. The molecular weight excluding hydrogens is 338 g/mol. The maximum Gasteiger partial charge on any atom is 0.179 e. The molecule has 0 heterocycles. The van der Waals surface area contributed by atoms with E-state index in [4.69, 9.17) is 0 Å². The van der Waals surface area contributed by atoms with Gasteiger partial charge >= 0.3 is 0 Å². The summed E-state index contributed by atoms with van der Waals surface area (Å²) in [4.78, 5) is 0.363. The third kappa shape index (κ3) is 4.44. The highest BCUT2D eigenvalue weighted by atomic mass is 79.9. The van der Waals surface area contributed by atoms with E-state index in [0.29, 0.717) is 18.0 Å². The Labute approximate surface area is 128 Å². The van der Waals surface area contributed by atoms with Crippen molar-refractivity contribution in [3.63, 3.8) is 0 Å². The molecule has 3 nitrogen and oxygen atoms in total. The van der Waals surface area contributed by atoms with Crippen LogP contribution in [0.1, 0.15) is 5.56 Å². The first-order chi connectivity index (χ1) is 9.58. The summed E-state index contributed by atoms with van der Waals surface area (Å²) in [7, 11) is -3.21. The topological polar surface area (TPSA) is 46.2 Å². The Morgan fingerprint density at radius 3 is 2.25 bits per heavy atom. The number of benzene rings is 2. The fourth-order valence-electron chi connectivity index (χ4n) is 1.79. The molecule has 5 heteroatoms. The Kier molecular flexibility index (Phi) is 5.34. The number of hydrogen-bond acceptors (Lipinski definition) is 3. The highest BCUT2D eigenvalue weighted by Gasteiger charge is 2.13. The van der Waals surface area contributed by atoms with Crippen LogP contribution in [0, 0.1) is 0 Å². The lowest BCUT2D eigenvalue weighted by molar-refractivity contribution is 0.590. The number of nitrogens with one attached hydrogen (secondary N) is 1. The summed E-state index contributed by atoms with van der Waals surface area (Å²) in [6.07, 6.45) is 0. The van der Waals surface area contributed by atoms with Crippen molar-refractivity contribution >= 4 is 25.8 Å². The van der Waals surface area contributed by atoms with Gasteiger partial charge in [0.05, 0.1) is 10.6 Å². The van der Waals surface area contributed by atoms with Gasteiger partial charge in [0.2, 0.25) is 0 Å². The van der Waals surface area contributed by atoms with Crippen LogP contribution in [0.2, 0.25) is 0 Å². The number of hydrogen-bond donors (Lipinski definition) is 1. The SMILES string of the molecule is O=S(=O)(CCNCc1ccccc1)c1ccc(Br)cc1. The summed E-state index contributed by atoms with van der Waals surface area (Å²) >= 11 is 3.29. The van der Waals surface area contributed by atoms with Crippen molar-refractivity contribution in [2.24, 2.45) is 0 Å². The average Bonchev–Trinajstić information content (AvgIpc) is 2.45. The van der Waals surface area contributed by atoms with Crippen molar-refractivity contribution < 1.29 is 8.42 Å². The van der Waals surface area contributed by atoms with E-state index in [0.717, 1.165) is 10.0 Å². The summed E-state index contributed by atoms with van der Waals surface area (Å²) in [5.41, 5.74) is 1.15. The molecule has 0 saturated carbocycles. The van der Waals surface area contributed by atoms with Crippen molar-refractivity contribution in [3.8, 4) is 0 Å². The van der Waals surface area contributed by atoms with Gasteiger partial charge in [0.25, 0.3) is 0 Å². The van der Waals surface area contributed by atoms with Crippen molar-refractivity contribution in [2.45, 2.75) is 11.4 Å². The molecule has 0 amide bonds. The van der Waals surface area contributed by atoms with Crippen LogP contribution in [0.4, 0.5) is 0 Å². The highest BCUT2D eigenvalue weighted by Crippen LogP contribution is 2.15. The minimum Gasteiger partial charge on any atom is -0.312 e. The van der Waals surface area contributed by atoms with Gasteiger partial charge in [0.1, 0.15) is 0 Å². The summed E-state index contributed by atoms with van der Waals surface area (Å²) in [6, 6.07) is 16.6. The lowest BCUT2D eigenvalue weighted by atomic mass is 10.2. The first kappa shape index (κ1) is 15.2. The Balaban J connectivity index is 1.85. The minimum absolute atomic E-state index is 0.0987. The first-order valence-electron chi connectivity index (χ1n) is 6.31. The molecule has 0 fully saturated rings. The van der Waals surface area contributed by atoms with Gasteiger partial charge in [-0.05, 0) is 29.8 Å². The Morgan fingerprint density at radius 1 is 0.950 bits per heavy atom. The first-order valence-corrected chi connectivity index (χ1v) is 8.75. The lowest BCUT2D eigenvalue weighted by Gasteiger charge is -2.06. The Hall–Kier alpha value is -1.17. The van der Waals surface area contributed by atoms with Gasteiger partial charge < -0.3 is 5.32 Å². The van der Waals surface area contributed by atoms with Gasteiger partial charge in [-0.15, -0.1) is 0 Å². The molecule has 0 aliphatic carbocycles. The summed E-state index contributed by atoms with van der Waals surface area (Å²) in [5, 5.41) is 3.15. The van der Waals surface area contributed by atoms with E-state index >= 15 is 0 Å². The molecule has 0 unspecified atom stereocenters. The molecule has 2 aromatic carbocycles. The highest BCUT2D eigenvalue weighted by molar-refractivity contribution is 9.10. The van der Waals surface area contributed by atoms with Crippen LogP contribution in [-0.2, 0) is 16.4 Å². The molecule has 0 spiro atoms. The van der Waals surface area contributed by atoms with Crippen LogP contribution in [0.15, 0.2) is 64.0 Å². The molecule has 0 atom stereocenters. The number of rotatable bonds is 6. The Morgan fingerprint density at radius 2 is 1.60 bits per heavy atom. The molecule has 0 bridgehead atoms. The fourth-order valence-corrected chi connectivity index (χ4v) is 3.26. The van der Waals surface area contributed by atoms with Crippen molar-refractivity contribution in [3.05, 3.63) is 64.6 Å². The maximum absolute atomic E-state index is 12.1. The third-order valence-corrected chi connectivity index (χ3v) is 5.15. The van der Waals surface area contributed by atoms with Crippen molar-refractivity contribution in [1.29, 1.82) is 0 Å². The van der Waals surface area contributed by atoms with E-state index in [1.165, 1.54) is 0 Å². The molecule has 20 heavy (non-hydrogen) atoms. The number of halogens is 1. The van der Waals surface area contributed by atoms with E-state index in [1.807, 2.05) is 30.3 Å². The van der Waals surface area contributed by atoms with E-state index < -0.39 is 9.84 Å². The standard InChI is InChI=1S/C15H16BrNO2S/c16-14-6-8-15(9-7-14)20(18,19)11-10-17-12-13-4-2-1-3-5-13/h1-9,17H,10-12H2. The van der Waals surface area contributed by atoms with Crippen LogP contribution in [0.25, 0.3) is 0 Å². The quantitative estimate of drug-likeness (QED) is 0.812. The Bertz CT molecular complexity index is 639. The van der Waals surface area contributed by atoms with E-state index in [2.05, 4.69) is 21.2 Å². The van der Waals surface area contributed by atoms with Gasteiger partial charge in [-0.3, -0.25) is 0 Å². The molecule has 2 aromatic rings. The molecule has 106 valence electrons. The van der Waals surface area contributed by atoms with Gasteiger partial charge in [0.15, 0.2) is 9.84 Å². The van der Waals surface area contributed by atoms with Crippen LogP contribution >= 0.6 is 15.9 Å². The summed E-state index contributed by atoms with van der Waals surface area (Å²) in [6.45, 7) is 1.12. The normalized spacial score (nSPS) is 11.4. The van der Waals surface area contributed by atoms with Crippen LogP contribution in [0.5, 0.6) is 0 Å². The minimum atomic E-state index is -3.21. The largest absolute Gasteiger partial charge is 0.312 e. The zero-order valence-corrected chi connectivity index (χ0v) is 13.3. The van der Waals surface area contributed by atoms with E-state index in [9.17, 15) is 8.42 Å². The fraction of sp³-hybridized carbons (Fsp3) is 0.200. The van der Waals surface area contributed by atoms with Gasteiger partial charge in [-0.2, -0.15) is 0 Å². The van der Waals surface area contributed by atoms with Crippen molar-refractivity contribution in [2.75, 3.05) is 12.3 Å². The van der Waals surface area contributed by atoms with E-state index in [-0.39, 0.29) is 5.75 Å². The zero-order chi connectivity index (χ0) is 14.4. The summed E-state index contributed by atoms with van der Waals surface area (Å²) < 4.78 is 25.1. The maximum atomic E-state index is 12.1. The monoisotopic (exact) mass is 353 g/mol. The third-order valence-electron chi connectivity index (χ3n) is 2.89. The van der Waals surface area contributed by atoms with Gasteiger partial charge in [-0.1, -0.05) is 46.3 Å². The predicted molar refractivity (Wildman–Crippen MR) is 84.3 cm³/mol. The lowest BCUT2D eigenvalue weighted by Crippen LogP contribution is -2.22. The second kappa shape index (κ2) is 7.02. The molecule has 0 aliphatic rings. The molecule has 0 saturated heterocycles. The second-order valence-electron chi connectivity index (χ2n) is 4.44. The van der Waals surface area contributed by atoms with Crippen molar-refractivity contribution in [1.82, 2.24) is 5.32 Å². The van der Waals surface area contributed by atoms with Gasteiger partial charge in [-0.25, -0.2) is 8.42 Å². The molecule has 2 rings (SSSR count). The van der Waals surface area contributed by atoms with Crippen LogP contribution < -0.4 is 5.32 Å². The smallest absolute Gasteiger partial charge is 0.179 e. The average molecular weight is 354 g/mol. The van der Waals surface area contributed by atoms with Crippen LogP contribution in [-0.4, -0.2) is 20.7 Å². The van der Waals surface area contributed by atoms with Gasteiger partial charge in [0, 0.05) is 17.6 Å². The molecular formula is C15H16BrNO2S.